The summed E-state index contributed by atoms with van der Waals surface area (Å²) in [5, 5.41) is 17.0. The summed E-state index contributed by atoms with van der Waals surface area (Å²) in [5.74, 6) is -3.01. The molecule has 0 aliphatic carbocycles. The van der Waals surface area contributed by atoms with E-state index in [1.54, 1.807) is 39.0 Å². The minimum atomic E-state index is -1.45. The number of ether oxygens (including phenoxy) is 1. The molecule has 9 nitrogen and oxygen atoms in total. The molecular formula is C19H25N3O6. The Kier molecular flexibility index (Phi) is 6.97. The zero-order valence-electron chi connectivity index (χ0n) is 16.0. The van der Waals surface area contributed by atoms with Crippen LogP contribution in [0.4, 0.5) is 0 Å². The molecular weight excluding hydrogens is 366 g/mol. The van der Waals surface area contributed by atoms with Crippen molar-refractivity contribution in [3.63, 3.8) is 0 Å². The summed E-state index contributed by atoms with van der Waals surface area (Å²) in [4.78, 5) is 48.9. The number of rotatable bonds is 2. The highest BCUT2D eigenvalue weighted by molar-refractivity contribution is 6.00. The summed E-state index contributed by atoms with van der Waals surface area (Å²) >= 11 is 0. The fraction of sp³-hybridized carbons (Fsp3) is 0.474. The van der Waals surface area contributed by atoms with Crippen LogP contribution in [0.1, 0.15) is 37.6 Å². The van der Waals surface area contributed by atoms with E-state index in [1.807, 2.05) is 0 Å². The Bertz CT molecular complexity index is 764. The second kappa shape index (κ2) is 9.20. The number of carbonyl (C=O) groups is 4. The van der Waals surface area contributed by atoms with Gasteiger partial charge in [-0.15, -0.1) is 0 Å². The number of carboxylic acid groups (broad SMARTS) is 1. The topological polar surface area (TPSA) is 134 Å². The summed E-state index contributed by atoms with van der Waals surface area (Å²) in [7, 11) is 0. The molecule has 3 atom stereocenters. The molecule has 0 saturated heterocycles. The van der Waals surface area contributed by atoms with Gasteiger partial charge in [-0.2, -0.15) is 0 Å². The molecule has 1 aromatic carbocycles. The van der Waals surface area contributed by atoms with E-state index in [1.165, 1.54) is 6.07 Å². The van der Waals surface area contributed by atoms with Gasteiger partial charge in [0, 0.05) is 0 Å². The predicted octanol–water partition coefficient (Wildman–Crippen LogP) is 0.298. The van der Waals surface area contributed by atoms with Crippen molar-refractivity contribution in [3.05, 3.63) is 29.8 Å². The second-order valence-electron chi connectivity index (χ2n) is 7.07. The summed E-state index contributed by atoms with van der Waals surface area (Å²) < 4.78 is 5.67. The Morgan fingerprint density at radius 3 is 2.46 bits per heavy atom. The van der Waals surface area contributed by atoms with Crippen LogP contribution in [-0.4, -0.2) is 53.5 Å². The van der Waals surface area contributed by atoms with Crippen molar-refractivity contribution in [3.8, 4) is 5.75 Å². The monoisotopic (exact) mass is 391 g/mol. The molecule has 0 radical (unpaired) electrons. The first-order valence-electron chi connectivity index (χ1n) is 9.04. The summed E-state index contributed by atoms with van der Waals surface area (Å²) in [6.45, 7) is 5.37. The smallest absolute Gasteiger partial charge is 0.326 e. The van der Waals surface area contributed by atoms with Crippen molar-refractivity contribution in [1.82, 2.24) is 16.0 Å². The fourth-order valence-electron chi connectivity index (χ4n) is 2.76. The molecule has 0 aromatic heterocycles. The van der Waals surface area contributed by atoms with Gasteiger partial charge in [-0.05, 0) is 25.0 Å². The van der Waals surface area contributed by atoms with Gasteiger partial charge in [-0.1, -0.05) is 26.0 Å². The van der Waals surface area contributed by atoms with Crippen LogP contribution in [0, 0.1) is 5.92 Å². The molecule has 0 spiro atoms. The van der Waals surface area contributed by atoms with E-state index in [9.17, 15) is 24.3 Å². The maximum absolute atomic E-state index is 12.5. The number of carboxylic acids is 1. The highest BCUT2D eigenvalue weighted by Gasteiger charge is 2.30. The molecule has 4 N–H and O–H groups in total. The molecule has 9 heteroatoms. The minimum Gasteiger partial charge on any atom is -0.491 e. The molecule has 0 bridgehead atoms. The van der Waals surface area contributed by atoms with Gasteiger partial charge in [0.25, 0.3) is 5.91 Å². The Morgan fingerprint density at radius 1 is 1.14 bits per heavy atom. The average Bonchev–Trinajstić information content (AvgIpc) is 2.62. The van der Waals surface area contributed by atoms with Gasteiger partial charge in [0.05, 0.1) is 18.0 Å². The standard InChI is InChI=1S/C19H25N3O6/c1-10(2)16-18(25)20-11(3)9-28-14-7-5-4-6-12(14)17(24)21-13(19(26)27)8-15(23)22-16/h4-7,10-11,13,16H,8-9H2,1-3H3,(H,20,25)(H,21,24)(H,22,23)(H,26,27)/t11-,13-,16+/m0/s1. The van der Waals surface area contributed by atoms with Crippen LogP contribution in [0.15, 0.2) is 24.3 Å². The SMILES string of the molecule is CC(C)[C@H]1NC(=O)C[C@@H](C(=O)O)NC(=O)c2ccccc2OC[C@H](C)NC1=O. The number of fused-ring (bicyclic) bond motifs is 1. The molecule has 1 aliphatic rings. The van der Waals surface area contributed by atoms with Crippen molar-refractivity contribution >= 4 is 23.7 Å². The van der Waals surface area contributed by atoms with E-state index >= 15 is 0 Å². The lowest BCUT2D eigenvalue weighted by atomic mass is 10.0. The predicted molar refractivity (Wildman–Crippen MR) is 99.8 cm³/mol. The van der Waals surface area contributed by atoms with E-state index < -0.39 is 36.3 Å². The number of benzene rings is 1. The van der Waals surface area contributed by atoms with Crippen molar-refractivity contribution in [2.24, 2.45) is 5.92 Å². The zero-order valence-corrected chi connectivity index (χ0v) is 16.0. The molecule has 3 amide bonds. The van der Waals surface area contributed by atoms with Gasteiger partial charge in [-0.3, -0.25) is 14.4 Å². The first-order valence-corrected chi connectivity index (χ1v) is 9.04. The molecule has 1 aromatic rings. The molecule has 152 valence electrons. The van der Waals surface area contributed by atoms with Crippen LogP contribution < -0.4 is 20.7 Å². The van der Waals surface area contributed by atoms with E-state index in [2.05, 4.69) is 16.0 Å². The van der Waals surface area contributed by atoms with Crippen LogP contribution in [-0.2, 0) is 14.4 Å². The van der Waals surface area contributed by atoms with E-state index in [4.69, 9.17) is 4.74 Å². The lowest BCUT2D eigenvalue weighted by Crippen LogP contribution is -2.54. The number of amides is 3. The average molecular weight is 391 g/mol. The number of hydrogen-bond acceptors (Lipinski definition) is 5. The third-order valence-corrected chi connectivity index (χ3v) is 4.27. The normalized spacial score (nSPS) is 24.1. The van der Waals surface area contributed by atoms with Crippen LogP contribution in [0.25, 0.3) is 0 Å². The van der Waals surface area contributed by atoms with Crippen LogP contribution in [0.2, 0.25) is 0 Å². The highest BCUT2D eigenvalue weighted by Crippen LogP contribution is 2.19. The fourth-order valence-corrected chi connectivity index (χ4v) is 2.76. The summed E-state index contributed by atoms with van der Waals surface area (Å²) in [5.41, 5.74) is 0.143. The van der Waals surface area contributed by atoms with E-state index in [-0.39, 0.29) is 35.8 Å². The van der Waals surface area contributed by atoms with Crippen molar-refractivity contribution in [2.75, 3.05) is 6.61 Å². The first kappa shape index (κ1) is 21.2. The van der Waals surface area contributed by atoms with Gasteiger partial charge in [0.2, 0.25) is 11.8 Å². The quantitative estimate of drug-likeness (QED) is 0.573. The summed E-state index contributed by atoms with van der Waals surface area (Å²) in [6, 6.07) is 3.70. The van der Waals surface area contributed by atoms with Gasteiger partial charge in [-0.25, -0.2) is 4.79 Å². The third-order valence-electron chi connectivity index (χ3n) is 4.27. The van der Waals surface area contributed by atoms with Gasteiger partial charge < -0.3 is 25.8 Å². The number of carbonyl (C=O) groups excluding carboxylic acids is 3. The number of nitrogens with one attached hydrogen (secondary N) is 3. The van der Waals surface area contributed by atoms with Gasteiger partial charge >= 0.3 is 5.97 Å². The number of aliphatic carboxylic acids is 1. The Hall–Kier alpha value is -3.10. The Labute approximate surface area is 162 Å². The maximum Gasteiger partial charge on any atom is 0.326 e. The number of para-hydroxylation sites is 1. The van der Waals surface area contributed by atoms with Crippen molar-refractivity contribution < 1.29 is 29.0 Å². The largest absolute Gasteiger partial charge is 0.491 e. The lowest BCUT2D eigenvalue weighted by Gasteiger charge is -2.25. The molecule has 1 aliphatic heterocycles. The molecule has 2 rings (SSSR count). The van der Waals surface area contributed by atoms with Gasteiger partial charge in [0.15, 0.2) is 0 Å². The summed E-state index contributed by atoms with van der Waals surface area (Å²) in [6.07, 6.45) is -0.504. The van der Waals surface area contributed by atoms with Crippen LogP contribution in [0.3, 0.4) is 0 Å². The van der Waals surface area contributed by atoms with Crippen molar-refractivity contribution in [1.29, 1.82) is 0 Å². The van der Waals surface area contributed by atoms with Crippen LogP contribution >= 0.6 is 0 Å². The van der Waals surface area contributed by atoms with E-state index in [0.717, 1.165) is 0 Å². The van der Waals surface area contributed by atoms with Crippen LogP contribution in [0.5, 0.6) is 5.75 Å². The molecule has 0 fully saturated rings. The molecule has 28 heavy (non-hydrogen) atoms. The zero-order chi connectivity index (χ0) is 20.8. The maximum atomic E-state index is 12.5. The molecule has 0 saturated carbocycles. The van der Waals surface area contributed by atoms with Crippen molar-refractivity contribution in [2.45, 2.75) is 45.3 Å². The second-order valence-corrected chi connectivity index (χ2v) is 7.07. The lowest BCUT2D eigenvalue weighted by molar-refractivity contribution is -0.141. The Morgan fingerprint density at radius 2 is 1.82 bits per heavy atom. The first-order chi connectivity index (χ1) is 13.2. The third kappa shape index (κ3) is 5.45. The number of hydrogen-bond donors (Lipinski definition) is 4. The molecule has 0 unspecified atom stereocenters. The van der Waals surface area contributed by atoms with Gasteiger partial charge in [0.1, 0.15) is 24.4 Å². The Balaban J connectivity index is 2.36. The molecule has 1 heterocycles. The highest BCUT2D eigenvalue weighted by atomic mass is 16.5. The minimum absolute atomic E-state index is 0.0944. The van der Waals surface area contributed by atoms with E-state index in [0.29, 0.717) is 0 Å².